The van der Waals surface area contributed by atoms with E-state index in [0.717, 1.165) is 24.3 Å². The summed E-state index contributed by atoms with van der Waals surface area (Å²) in [4.78, 5) is 0. The van der Waals surface area contributed by atoms with E-state index in [0.29, 0.717) is 0 Å². The summed E-state index contributed by atoms with van der Waals surface area (Å²) in [6, 6.07) is 6.47. The van der Waals surface area contributed by atoms with Gasteiger partial charge in [0.25, 0.3) is 0 Å². The molecule has 0 aliphatic carbocycles. The van der Waals surface area contributed by atoms with Crippen LogP contribution in [0, 0.1) is 23.3 Å². The fourth-order valence-electron chi connectivity index (χ4n) is 1.02. The largest absolute Gasteiger partial charge is 0.399 e. The molecule has 0 heterocycles. The van der Waals surface area contributed by atoms with Crippen molar-refractivity contribution in [3.8, 4) is 0 Å². The third-order valence-corrected chi connectivity index (χ3v) is 1.89. The van der Waals surface area contributed by atoms with E-state index in [2.05, 4.69) is 0 Å². The zero-order chi connectivity index (χ0) is 13.7. The predicted octanol–water partition coefficient (Wildman–Crippen LogP) is 3.09. The maximum Gasteiger partial charge on any atom is 0.160 e. The van der Waals surface area contributed by atoms with E-state index in [9.17, 15) is 17.6 Å². The number of hydrogen-bond donors (Lipinski definition) is 2. The van der Waals surface area contributed by atoms with Gasteiger partial charge < -0.3 is 11.5 Å². The van der Waals surface area contributed by atoms with E-state index in [4.69, 9.17) is 11.5 Å². The van der Waals surface area contributed by atoms with Crippen LogP contribution in [0.15, 0.2) is 36.4 Å². The second kappa shape index (κ2) is 5.90. The molecule has 0 fully saturated rings. The molecule has 6 heteroatoms. The minimum Gasteiger partial charge on any atom is -0.399 e. The molecule has 2 rings (SSSR count). The summed E-state index contributed by atoms with van der Waals surface area (Å²) in [7, 11) is 0. The van der Waals surface area contributed by atoms with Crippen molar-refractivity contribution in [2.45, 2.75) is 0 Å². The molecule has 0 spiro atoms. The lowest BCUT2D eigenvalue weighted by molar-refractivity contribution is 0.509. The third kappa shape index (κ3) is 3.97. The second-order valence-electron chi connectivity index (χ2n) is 3.35. The molecular formula is C12H10F4N2. The summed E-state index contributed by atoms with van der Waals surface area (Å²) >= 11 is 0. The standard InChI is InChI=1S/2C6H5F2N/c2*7-5-2-1-4(9)3-6(5)8/h2*1-3H,9H2. The van der Waals surface area contributed by atoms with Crippen molar-refractivity contribution in [1.82, 2.24) is 0 Å². The molecule has 2 aromatic carbocycles. The van der Waals surface area contributed by atoms with E-state index in [-0.39, 0.29) is 11.4 Å². The Morgan fingerprint density at radius 2 is 0.889 bits per heavy atom. The Balaban J connectivity index is 0.000000180. The molecule has 0 bridgehead atoms. The van der Waals surface area contributed by atoms with Crippen molar-refractivity contribution < 1.29 is 17.6 Å². The van der Waals surface area contributed by atoms with Gasteiger partial charge in [0.1, 0.15) is 0 Å². The second-order valence-corrected chi connectivity index (χ2v) is 3.35. The first-order valence-corrected chi connectivity index (χ1v) is 4.81. The summed E-state index contributed by atoms with van der Waals surface area (Å²) in [5.41, 5.74) is 10.7. The molecule has 0 aliphatic rings. The highest BCUT2D eigenvalue weighted by Crippen LogP contribution is 2.09. The lowest BCUT2D eigenvalue weighted by atomic mass is 10.3. The van der Waals surface area contributed by atoms with Gasteiger partial charge in [-0.3, -0.25) is 0 Å². The third-order valence-electron chi connectivity index (χ3n) is 1.89. The van der Waals surface area contributed by atoms with Gasteiger partial charge in [0.2, 0.25) is 0 Å². The average Bonchev–Trinajstić information content (AvgIpc) is 2.30. The Morgan fingerprint density at radius 1 is 0.556 bits per heavy atom. The first-order chi connectivity index (χ1) is 8.40. The Hall–Kier alpha value is -2.24. The molecule has 0 saturated carbocycles. The van der Waals surface area contributed by atoms with Crippen LogP contribution in [0.3, 0.4) is 0 Å². The molecule has 2 nitrogen and oxygen atoms in total. The van der Waals surface area contributed by atoms with Crippen LogP contribution in [0.25, 0.3) is 0 Å². The van der Waals surface area contributed by atoms with Gasteiger partial charge in [-0.05, 0) is 36.4 Å². The molecule has 0 atom stereocenters. The van der Waals surface area contributed by atoms with Gasteiger partial charge in [-0.1, -0.05) is 0 Å². The fourth-order valence-corrected chi connectivity index (χ4v) is 1.02. The number of nitrogen functional groups attached to an aromatic ring is 2. The Bertz CT molecular complexity index is 494. The van der Waals surface area contributed by atoms with Gasteiger partial charge in [0, 0.05) is 11.4 Å². The molecule has 0 aromatic heterocycles. The number of rotatable bonds is 0. The normalized spacial score (nSPS) is 9.56. The maximum atomic E-state index is 12.1. The van der Waals surface area contributed by atoms with Crippen LogP contribution in [-0.4, -0.2) is 0 Å². The highest BCUT2D eigenvalue weighted by molar-refractivity contribution is 5.38. The molecular weight excluding hydrogens is 248 g/mol. The van der Waals surface area contributed by atoms with E-state index in [1.807, 2.05) is 0 Å². The van der Waals surface area contributed by atoms with Gasteiger partial charge >= 0.3 is 0 Å². The predicted molar refractivity (Wildman–Crippen MR) is 61.5 cm³/mol. The van der Waals surface area contributed by atoms with Crippen LogP contribution in [0.1, 0.15) is 0 Å². The van der Waals surface area contributed by atoms with E-state index >= 15 is 0 Å². The maximum absolute atomic E-state index is 12.1. The van der Waals surface area contributed by atoms with Crippen LogP contribution >= 0.6 is 0 Å². The molecule has 0 amide bonds. The Kier molecular flexibility index (Phi) is 4.53. The van der Waals surface area contributed by atoms with Crippen molar-refractivity contribution in [1.29, 1.82) is 0 Å². The monoisotopic (exact) mass is 258 g/mol. The minimum atomic E-state index is -0.907. The quantitative estimate of drug-likeness (QED) is 0.563. The topological polar surface area (TPSA) is 52.0 Å². The molecule has 18 heavy (non-hydrogen) atoms. The van der Waals surface area contributed by atoms with Crippen molar-refractivity contribution in [2.24, 2.45) is 0 Å². The minimum absolute atomic E-state index is 0.230. The lowest BCUT2D eigenvalue weighted by Crippen LogP contribution is -1.88. The van der Waals surface area contributed by atoms with Crippen LogP contribution in [0.4, 0.5) is 28.9 Å². The molecule has 96 valence electrons. The van der Waals surface area contributed by atoms with Gasteiger partial charge in [0.15, 0.2) is 23.3 Å². The summed E-state index contributed by atoms with van der Waals surface area (Å²) < 4.78 is 48.4. The Labute approximate surface area is 101 Å². The van der Waals surface area contributed by atoms with Crippen LogP contribution in [-0.2, 0) is 0 Å². The van der Waals surface area contributed by atoms with Crippen molar-refractivity contribution in [2.75, 3.05) is 11.5 Å². The SMILES string of the molecule is Nc1ccc(F)c(F)c1.Nc1ccc(F)c(F)c1. The van der Waals surface area contributed by atoms with Gasteiger partial charge in [0.05, 0.1) is 0 Å². The zero-order valence-electron chi connectivity index (χ0n) is 9.13. The van der Waals surface area contributed by atoms with Crippen LogP contribution in [0.5, 0.6) is 0 Å². The molecule has 0 aliphatic heterocycles. The molecule has 0 unspecified atom stereocenters. The summed E-state index contributed by atoms with van der Waals surface area (Å²) in [6.07, 6.45) is 0. The fraction of sp³-hybridized carbons (Fsp3) is 0. The van der Waals surface area contributed by atoms with Crippen molar-refractivity contribution in [3.63, 3.8) is 0 Å². The Morgan fingerprint density at radius 3 is 1.11 bits per heavy atom. The van der Waals surface area contributed by atoms with Crippen LogP contribution in [0.2, 0.25) is 0 Å². The van der Waals surface area contributed by atoms with Crippen LogP contribution < -0.4 is 11.5 Å². The van der Waals surface area contributed by atoms with E-state index in [1.54, 1.807) is 0 Å². The number of benzene rings is 2. The summed E-state index contributed by atoms with van der Waals surface area (Å²) in [5.74, 6) is -3.56. The molecule has 2 aromatic rings. The smallest absolute Gasteiger partial charge is 0.160 e. The van der Waals surface area contributed by atoms with Gasteiger partial charge in [-0.25, -0.2) is 17.6 Å². The highest BCUT2D eigenvalue weighted by Gasteiger charge is 1.98. The lowest BCUT2D eigenvalue weighted by Gasteiger charge is -1.91. The molecule has 0 saturated heterocycles. The number of halogens is 4. The first kappa shape index (κ1) is 13.8. The number of anilines is 2. The summed E-state index contributed by atoms with van der Waals surface area (Å²) in [6.45, 7) is 0. The zero-order valence-corrected chi connectivity index (χ0v) is 9.13. The average molecular weight is 258 g/mol. The number of nitrogens with two attached hydrogens (primary N) is 2. The molecule has 0 radical (unpaired) electrons. The molecule has 4 N–H and O–H groups in total. The van der Waals surface area contributed by atoms with Gasteiger partial charge in [-0.15, -0.1) is 0 Å². The summed E-state index contributed by atoms with van der Waals surface area (Å²) in [5, 5.41) is 0. The van der Waals surface area contributed by atoms with Crippen molar-refractivity contribution >= 4 is 11.4 Å². The van der Waals surface area contributed by atoms with E-state index < -0.39 is 23.3 Å². The highest BCUT2D eigenvalue weighted by atomic mass is 19.2. The van der Waals surface area contributed by atoms with Gasteiger partial charge in [-0.2, -0.15) is 0 Å². The first-order valence-electron chi connectivity index (χ1n) is 4.81. The van der Waals surface area contributed by atoms with E-state index in [1.165, 1.54) is 12.1 Å². The van der Waals surface area contributed by atoms with Crippen molar-refractivity contribution in [3.05, 3.63) is 59.7 Å². The number of hydrogen-bond acceptors (Lipinski definition) is 2.